The van der Waals surface area contributed by atoms with Crippen LogP contribution in [0, 0.1) is 12.8 Å². The monoisotopic (exact) mass is 613 g/mol. The number of nitrogens with zero attached hydrogens (tertiary/aromatic N) is 1. The van der Waals surface area contributed by atoms with Gasteiger partial charge in [-0.25, -0.2) is 13.1 Å². The zero-order valence-corrected chi connectivity index (χ0v) is 25.3. The number of benzene rings is 1. The van der Waals surface area contributed by atoms with Gasteiger partial charge in [0.1, 0.15) is 0 Å². The smallest absolute Gasteiger partial charge is 0.396 e. The van der Waals surface area contributed by atoms with Crippen molar-refractivity contribution >= 4 is 15.9 Å². The Hall–Kier alpha value is -2.41. The third-order valence-electron chi connectivity index (χ3n) is 8.35. The predicted molar refractivity (Wildman–Crippen MR) is 154 cm³/mol. The first-order chi connectivity index (χ1) is 19.7. The Morgan fingerprint density at radius 1 is 1.07 bits per heavy atom. The highest BCUT2D eigenvalue weighted by atomic mass is 32.2. The molecule has 2 fully saturated rings. The number of carbonyl (C=O) groups is 1. The first kappa shape index (κ1) is 32.5. The van der Waals surface area contributed by atoms with Gasteiger partial charge in [-0.05, 0) is 82.6 Å². The van der Waals surface area contributed by atoms with Gasteiger partial charge in [0.05, 0.1) is 16.0 Å². The molecule has 0 unspecified atom stereocenters. The summed E-state index contributed by atoms with van der Waals surface area (Å²) >= 11 is 0. The number of aromatic nitrogens is 1. The number of hydrogen-bond donors (Lipinski definition) is 3. The lowest BCUT2D eigenvalue weighted by Gasteiger charge is -2.26. The van der Waals surface area contributed by atoms with E-state index >= 15 is 0 Å². The number of amides is 1. The number of aliphatic hydroxyl groups is 1. The van der Waals surface area contributed by atoms with Crippen LogP contribution in [-0.4, -0.2) is 55.4 Å². The number of nitrogens with one attached hydrogen (secondary N) is 2. The fourth-order valence-electron chi connectivity index (χ4n) is 5.98. The lowest BCUT2D eigenvalue weighted by atomic mass is 9.89. The van der Waals surface area contributed by atoms with Gasteiger partial charge in [0.15, 0.2) is 0 Å². The molecule has 0 atom stereocenters. The van der Waals surface area contributed by atoms with Crippen molar-refractivity contribution in [3.8, 4) is 11.3 Å². The molecule has 4 rings (SSSR count). The van der Waals surface area contributed by atoms with Gasteiger partial charge in [0.25, 0.3) is 5.91 Å². The molecule has 12 heteroatoms. The summed E-state index contributed by atoms with van der Waals surface area (Å²) in [6, 6.07) is 4.79. The van der Waals surface area contributed by atoms with E-state index in [-0.39, 0.29) is 30.5 Å². The fourth-order valence-corrected chi connectivity index (χ4v) is 7.63. The summed E-state index contributed by atoms with van der Waals surface area (Å²) < 4.78 is 79.1. The molecule has 0 radical (unpaired) electrons. The second-order valence-corrected chi connectivity index (χ2v) is 13.8. The number of halogens is 3. The van der Waals surface area contributed by atoms with E-state index in [1.807, 2.05) is 11.5 Å². The molecule has 1 aromatic heterocycles. The standard InChI is InChI=1S/C30H42F3N3O5S/c1-20-24(28(38)34-23-11-15-41-16-12-23)18-26(36(20)19-21-7-5-4-6-8-21)22-9-10-27(25(17-22)30(31,32)33)42(39,40)35-29(2,3)13-14-37/h9-10,17-18,21,23,35,37H,4-8,11-16,19H2,1-3H3,(H,34,38). The van der Waals surface area contributed by atoms with E-state index in [1.165, 1.54) is 19.9 Å². The van der Waals surface area contributed by atoms with E-state index < -0.39 is 32.2 Å². The topological polar surface area (TPSA) is 110 Å². The number of sulfonamides is 1. The third-order valence-corrected chi connectivity index (χ3v) is 10.1. The summed E-state index contributed by atoms with van der Waals surface area (Å²) in [4.78, 5) is 12.5. The Morgan fingerprint density at radius 2 is 1.74 bits per heavy atom. The van der Waals surface area contributed by atoms with E-state index in [0.29, 0.717) is 55.5 Å². The average Bonchev–Trinajstić information content (AvgIpc) is 3.24. The largest absolute Gasteiger partial charge is 0.417 e. The molecule has 1 aliphatic heterocycles. The SMILES string of the molecule is Cc1c(C(=O)NC2CCOCC2)cc(-c2ccc(S(=O)(=O)NC(C)(C)CCO)c(C(F)(F)F)c2)n1CC1CCCCC1. The lowest BCUT2D eigenvalue weighted by Crippen LogP contribution is -2.44. The summed E-state index contributed by atoms with van der Waals surface area (Å²) in [6.07, 6.45) is 1.77. The molecule has 0 spiro atoms. The van der Waals surface area contributed by atoms with Crippen molar-refractivity contribution in [1.82, 2.24) is 14.6 Å². The Balaban J connectivity index is 1.77. The molecular weight excluding hydrogens is 571 g/mol. The van der Waals surface area contributed by atoms with Crippen molar-refractivity contribution in [1.29, 1.82) is 0 Å². The van der Waals surface area contributed by atoms with Crippen LogP contribution in [0.15, 0.2) is 29.2 Å². The molecule has 1 saturated carbocycles. The molecular formula is C30H42F3N3O5S. The van der Waals surface area contributed by atoms with Gasteiger partial charge in [0.2, 0.25) is 10.0 Å². The highest BCUT2D eigenvalue weighted by molar-refractivity contribution is 7.89. The van der Waals surface area contributed by atoms with E-state index in [4.69, 9.17) is 4.74 Å². The number of ether oxygens (including phenoxy) is 1. The Bertz CT molecular complexity index is 1360. The second kappa shape index (κ2) is 13.1. The number of rotatable bonds is 10. The maximum absolute atomic E-state index is 14.4. The number of alkyl halides is 3. The van der Waals surface area contributed by atoms with Crippen LogP contribution in [0.3, 0.4) is 0 Å². The Morgan fingerprint density at radius 3 is 2.36 bits per heavy atom. The van der Waals surface area contributed by atoms with Crippen LogP contribution >= 0.6 is 0 Å². The second-order valence-electron chi connectivity index (χ2n) is 12.2. The molecule has 3 N–H and O–H groups in total. The van der Waals surface area contributed by atoms with E-state index in [0.717, 1.165) is 44.2 Å². The van der Waals surface area contributed by atoms with Crippen LogP contribution in [-0.2, 0) is 27.5 Å². The van der Waals surface area contributed by atoms with Crippen LogP contribution in [0.1, 0.15) is 86.8 Å². The van der Waals surface area contributed by atoms with Crippen molar-refractivity contribution in [2.75, 3.05) is 19.8 Å². The summed E-state index contributed by atoms with van der Waals surface area (Å²) in [5.74, 6) is 0.0447. The lowest BCUT2D eigenvalue weighted by molar-refractivity contribution is -0.139. The van der Waals surface area contributed by atoms with Crippen molar-refractivity contribution < 1.29 is 36.2 Å². The Labute approximate surface area is 246 Å². The first-order valence-corrected chi connectivity index (χ1v) is 16.2. The van der Waals surface area contributed by atoms with Crippen molar-refractivity contribution in [2.24, 2.45) is 5.92 Å². The van der Waals surface area contributed by atoms with Gasteiger partial charge >= 0.3 is 6.18 Å². The van der Waals surface area contributed by atoms with Crippen LogP contribution in [0.4, 0.5) is 13.2 Å². The molecule has 2 heterocycles. The maximum Gasteiger partial charge on any atom is 0.417 e. The third kappa shape index (κ3) is 7.75. The normalized spacial score (nSPS) is 17.9. The minimum absolute atomic E-state index is 0.0261. The molecule has 1 amide bonds. The van der Waals surface area contributed by atoms with Crippen molar-refractivity contribution in [3.05, 3.63) is 41.1 Å². The summed E-state index contributed by atoms with van der Waals surface area (Å²) in [5, 5.41) is 12.3. The van der Waals surface area contributed by atoms with Gasteiger partial charge in [-0.3, -0.25) is 4.79 Å². The molecule has 0 bridgehead atoms. The van der Waals surface area contributed by atoms with Gasteiger partial charge in [-0.1, -0.05) is 25.3 Å². The molecule has 1 saturated heterocycles. The van der Waals surface area contributed by atoms with Crippen LogP contribution < -0.4 is 10.0 Å². The molecule has 1 aliphatic carbocycles. The Kier molecular flexibility index (Phi) is 10.1. The summed E-state index contributed by atoms with van der Waals surface area (Å²) in [5.41, 5.74) is -0.766. The predicted octanol–water partition coefficient (Wildman–Crippen LogP) is 5.41. The van der Waals surface area contributed by atoms with Gasteiger partial charge < -0.3 is 19.7 Å². The molecule has 234 valence electrons. The molecule has 42 heavy (non-hydrogen) atoms. The quantitative estimate of drug-likeness (QED) is 0.332. The zero-order chi connectivity index (χ0) is 30.7. The summed E-state index contributed by atoms with van der Waals surface area (Å²) in [6.45, 7) is 6.14. The number of carbonyl (C=O) groups excluding carboxylic acids is 1. The molecule has 2 aromatic rings. The maximum atomic E-state index is 14.4. The van der Waals surface area contributed by atoms with Gasteiger partial charge in [0, 0.05) is 49.3 Å². The highest BCUT2D eigenvalue weighted by Crippen LogP contribution is 2.39. The van der Waals surface area contributed by atoms with E-state index in [1.54, 1.807) is 6.07 Å². The zero-order valence-electron chi connectivity index (χ0n) is 24.5. The minimum Gasteiger partial charge on any atom is -0.396 e. The van der Waals surface area contributed by atoms with Crippen LogP contribution in [0.5, 0.6) is 0 Å². The first-order valence-electron chi connectivity index (χ1n) is 14.7. The molecule has 1 aromatic carbocycles. The van der Waals surface area contributed by atoms with Crippen molar-refractivity contribution in [2.45, 2.75) is 101 Å². The van der Waals surface area contributed by atoms with E-state index in [2.05, 4.69) is 10.0 Å². The highest BCUT2D eigenvalue weighted by Gasteiger charge is 2.39. The minimum atomic E-state index is -4.96. The molecule has 2 aliphatic rings. The van der Waals surface area contributed by atoms with Gasteiger partial charge in [-0.2, -0.15) is 13.2 Å². The summed E-state index contributed by atoms with van der Waals surface area (Å²) in [7, 11) is -4.58. The molecule has 8 nitrogen and oxygen atoms in total. The van der Waals surface area contributed by atoms with E-state index in [9.17, 15) is 31.5 Å². The number of hydrogen-bond acceptors (Lipinski definition) is 5. The fraction of sp³-hybridized carbons (Fsp3) is 0.633. The van der Waals surface area contributed by atoms with Gasteiger partial charge in [-0.15, -0.1) is 0 Å². The average molecular weight is 614 g/mol. The van der Waals surface area contributed by atoms with Crippen LogP contribution in [0.2, 0.25) is 0 Å². The number of aliphatic hydroxyl groups excluding tert-OH is 1. The van der Waals surface area contributed by atoms with Crippen molar-refractivity contribution in [3.63, 3.8) is 0 Å². The van der Waals surface area contributed by atoms with Crippen LogP contribution in [0.25, 0.3) is 11.3 Å².